The molecule has 2 aromatic carbocycles. The highest BCUT2D eigenvalue weighted by Gasteiger charge is 2.31. The predicted molar refractivity (Wildman–Crippen MR) is 194 cm³/mol. The van der Waals surface area contributed by atoms with Gasteiger partial charge in [0.15, 0.2) is 0 Å². The fourth-order valence-electron chi connectivity index (χ4n) is 7.68. The molecule has 1 N–H and O–H groups in total. The fourth-order valence-corrected chi connectivity index (χ4v) is 9.20. The topological polar surface area (TPSA) is 76.2 Å². The van der Waals surface area contributed by atoms with E-state index in [0.29, 0.717) is 23.4 Å². The molecule has 7 nitrogen and oxygen atoms in total. The maximum atomic E-state index is 12.2. The lowest BCUT2D eigenvalue weighted by Crippen LogP contribution is -2.35. The van der Waals surface area contributed by atoms with Crippen LogP contribution in [0.3, 0.4) is 0 Å². The molecular formula is C38H37N5O2S2. The van der Waals surface area contributed by atoms with Gasteiger partial charge >= 0.3 is 5.97 Å². The number of thiocarbonyl (C=S) groups is 1. The van der Waals surface area contributed by atoms with Crippen molar-refractivity contribution in [2.75, 3.05) is 6.54 Å². The molecule has 238 valence electrons. The van der Waals surface area contributed by atoms with E-state index in [0.717, 1.165) is 80.8 Å². The van der Waals surface area contributed by atoms with E-state index in [1.165, 1.54) is 41.9 Å². The number of thiophene rings is 1. The minimum Gasteiger partial charge on any atom is -0.477 e. The first kappa shape index (κ1) is 30.0. The zero-order chi connectivity index (χ0) is 32.1. The zero-order valence-electron chi connectivity index (χ0n) is 26.4. The summed E-state index contributed by atoms with van der Waals surface area (Å²) in [6, 6.07) is 21.5. The summed E-state index contributed by atoms with van der Waals surface area (Å²) in [6.45, 7) is 3.80. The molecule has 1 aliphatic carbocycles. The van der Waals surface area contributed by atoms with E-state index in [-0.39, 0.29) is 0 Å². The molecular weight excluding hydrogens is 623 g/mol. The number of carboxylic acids is 1. The van der Waals surface area contributed by atoms with E-state index in [9.17, 15) is 9.90 Å². The highest BCUT2D eigenvalue weighted by Crippen LogP contribution is 2.47. The van der Waals surface area contributed by atoms with Crippen LogP contribution >= 0.6 is 23.6 Å². The molecule has 4 aromatic heterocycles. The number of pyridine rings is 1. The van der Waals surface area contributed by atoms with Gasteiger partial charge in [0.2, 0.25) is 0 Å². The summed E-state index contributed by atoms with van der Waals surface area (Å²) in [4.78, 5) is 25.1. The SMILES string of the molecule is CC1CCCN1C(=S)Cn1c(-c2ccc3nc(-c4ccc(-n5ccnc5)cc4)ccc3c2)c(C2CCCCC2)c2sc(C(=O)O)cc21. The Morgan fingerprint density at radius 2 is 1.79 bits per heavy atom. The van der Waals surface area contributed by atoms with Gasteiger partial charge in [-0.1, -0.05) is 55.7 Å². The third-order valence-corrected chi connectivity index (χ3v) is 11.6. The van der Waals surface area contributed by atoms with Crippen molar-refractivity contribution < 1.29 is 9.90 Å². The largest absolute Gasteiger partial charge is 0.477 e. The highest BCUT2D eigenvalue weighted by molar-refractivity contribution is 7.80. The molecule has 2 aliphatic rings. The Bertz CT molecular complexity index is 2110. The molecule has 5 heterocycles. The third-order valence-electron chi connectivity index (χ3n) is 10.1. The van der Waals surface area contributed by atoms with E-state index in [2.05, 4.69) is 76.0 Å². The van der Waals surface area contributed by atoms with Crippen molar-refractivity contribution in [2.24, 2.45) is 0 Å². The standard InChI is InChI=1S/C38H37N5O2S2/c1-24-6-5-18-42(24)34(46)22-43-32-21-33(38(44)45)47-37(32)35(26-7-3-2-4-8-26)36(43)28-12-16-31-27(20-28)11-15-30(40-31)25-9-13-29(14-10-25)41-19-17-39-23-41/h9-17,19-21,23-24,26H,2-8,18,22H2,1H3,(H,44,45). The second kappa shape index (κ2) is 12.4. The normalized spacial score (nSPS) is 17.2. The second-order valence-corrected chi connectivity index (χ2v) is 14.5. The molecule has 8 rings (SSSR count). The number of aromatic carboxylic acids is 1. The van der Waals surface area contributed by atoms with Crippen LogP contribution < -0.4 is 0 Å². The van der Waals surface area contributed by atoms with Gasteiger partial charge < -0.3 is 19.1 Å². The van der Waals surface area contributed by atoms with Crippen molar-refractivity contribution in [1.29, 1.82) is 0 Å². The molecule has 1 aliphatic heterocycles. The maximum absolute atomic E-state index is 12.2. The van der Waals surface area contributed by atoms with Crippen molar-refractivity contribution in [2.45, 2.75) is 70.4 Å². The number of rotatable bonds is 7. The Labute approximate surface area is 283 Å². The predicted octanol–water partition coefficient (Wildman–Crippen LogP) is 9.33. The van der Waals surface area contributed by atoms with Crippen LogP contribution in [-0.4, -0.2) is 52.7 Å². The van der Waals surface area contributed by atoms with Crippen LogP contribution in [0.5, 0.6) is 0 Å². The third kappa shape index (κ3) is 5.55. The summed E-state index contributed by atoms with van der Waals surface area (Å²) in [6.07, 6.45) is 13.7. The number of likely N-dealkylation sites (tertiary alicyclic amines) is 1. The van der Waals surface area contributed by atoms with Crippen molar-refractivity contribution in [3.05, 3.63) is 89.8 Å². The summed E-state index contributed by atoms with van der Waals surface area (Å²) in [5, 5.41) is 11.1. The number of nitrogens with zero attached hydrogens (tertiary/aromatic N) is 5. The fraction of sp³-hybridized carbons (Fsp3) is 0.316. The van der Waals surface area contributed by atoms with Crippen LogP contribution in [0.1, 0.15) is 73.0 Å². The van der Waals surface area contributed by atoms with Crippen LogP contribution in [0, 0.1) is 0 Å². The van der Waals surface area contributed by atoms with E-state index in [4.69, 9.17) is 17.2 Å². The summed E-state index contributed by atoms with van der Waals surface area (Å²) in [7, 11) is 0. The number of aromatic nitrogens is 4. The van der Waals surface area contributed by atoms with Crippen molar-refractivity contribution >= 4 is 55.6 Å². The maximum Gasteiger partial charge on any atom is 0.345 e. The molecule has 1 saturated heterocycles. The van der Waals surface area contributed by atoms with Gasteiger partial charge in [-0.3, -0.25) is 0 Å². The number of hydrogen-bond donors (Lipinski definition) is 1. The number of carbonyl (C=O) groups is 1. The molecule has 9 heteroatoms. The zero-order valence-corrected chi connectivity index (χ0v) is 28.1. The van der Waals surface area contributed by atoms with Crippen LogP contribution in [-0.2, 0) is 6.54 Å². The number of hydrogen-bond acceptors (Lipinski definition) is 5. The van der Waals surface area contributed by atoms with E-state index >= 15 is 0 Å². The van der Waals surface area contributed by atoms with Gasteiger partial charge in [-0.2, -0.15) is 0 Å². The number of imidazole rings is 1. The Balaban J connectivity index is 1.23. The van der Waals surface area contributed by atoms with Crippen molar-refractivity contribution in [1.82, 2.24) is 24.0 Å². The Morgan fingerprint density at radius 3 is 2.51 bits per heavy atom. The van der Waals surface area contributed by atoms with Gasteiger partial charge in [-0.25, -0.2) is 14.8 Å². The number of carboxylic acid groups (broad SMARTS) is 1. The van der Waals surface area contributed by atoms with Crippen LogP contribution in [0.4, 0.5) is 0 Å². The molecule has 0 radical (unpaired) electrons. The summed E-state index contributed by atoms with van der Waals surface area (Å²) in [5.74, 6) is -0.475. The molecule has 0 spiro atoms. The molecule has 47 heavy (non-hydrogen) atoms. The Morgan fingerprint density at radius 1 is 0.979 bits per heavy atom. The van der Waals surface area contributed by atoms with Gasteiger partial charge in [0.05, 0.1) is 45.0 Å². The lowest BCUT2D eigenvalue weighted by Gasteiger charge is -2.27. The molecule has 6 aromatic rings. The van der Waals surface area contributed by atoms with Crippen molar-refractivity contribution in [3.8, 4) is 28.2 Å². The summed E-state index contributed by atoms with van der Waals surface area (Å²) >= 11 is 7.54. The first-order chi connectivity index (χ1) is 22.9. The number of fused-ring (bicyclic) bond motifs is 2. The molecule has 1 saturated carbocycles. The van der Waals surface area contributed by atoms with E-state index in [1.54, 1.807) is 12.5 Å². The first-order valence-corrected chi connectivity index (χ1v) is 17.9. The molecule has 1 unspecified atom stereocenters. The molecule has 2 fully saturated rings. The quantitative estimate of drug-likeness (QED) is 0.172. The van der Waals surface area contributed by atoms with Gasteiger partial charge in [-0.15, -0.1) is 11.3 Å². The highest BCUT2D eigenvalue weighted by atomic mass is 32.1. The smallest absolute Gasteiger partial charge is 0.345 e. The summed E-state index contributed by atoms with van der Waals surface area (Å²) < 4.78 is 5.43. The first-order valence-electron chi connectivity index (χ1n) is 16.6. The van der Waals surface area contributed by atoms with E-state index in [1.807, 2.05) is 16.8 Å². The molecule has 0 amide bonds. The van der Waals surface area contributed by atoms with Crippen LogP contribution in [0.25, 0.3) is 49.3 Å². The molecule has 0 bridgehead atoms. The lowest BCUT2D eigenvalue weighted by molar-refractivity contribution is 0.0702. The molecule has 1 atom stereocenters. The number of benzene rings is 2. The minimum atomic E-state index is -0.867. The van der Waals surface area contributed by atoms with Gasteiger partial charge in [0, 0.05) is 41.6 Å². The monoisotopic (exact) mass is 659 g/mol. The van der Waals surface area contributed by atoms with Crippen LogP contribution in [0.15, 0.2) is 79.4 Å². The summed E-state index contributed by atoms with van der Waals surface area (Å²) in [5.41, 5.74) is 8.61. The Hall–Kier alpha value is -4.34. The van der Waals surface area contributed by atoms with Gasteiger partial charge in [0.1, 0.15) is 4.88 Å². The second-order valence-electron chi connectivity index (χ2n) is 13.0. The van der Waals surface area contributed by atoms with E-state index < -0.39 is 5.97 Å². The Kier molecular flexibility index (Phi) is 7.89. The van der Waals surface area contributed by atoms with Crippen LogP contribution in [0.2, 0.25) is 0 Å². The average Bonchev–Trinajstić information content (AvgIpc) is 3.91. The minimum absolute atomic E-state index is 0.390. The van der Waals surface area contributed by atoms with Gasteiger partial charge in [-0.05, 0) is 86.1 Å². The lowest BCUT2D eigenvalue weighted by atomic mass is 9.83. The van der Waals surface area contributed by atoms with Gasteiger partial charge in [0.25, 0.3) is 0 Å². The average molecular weight is 660 g/mol. The van der Waals surface area contributed by atoms with Crippen molar-refractivity contribution in [3.63, 3.8) is 0 Å².